The topological polar surface area (TPSA) is 62.5 Å². The van der Waals surface area contributed by atoms with Crippen LogP contribution in [0.25, 0.3) is 89.7 Å². The Hall–Kier alpha value is -7.74. The van der Waals surface area contributed by atoms with E-state index in [1.807, 2.05) is 60.8 Å². The van der Waals surface area contributed by atoms with Gasteiger partial charge in [0.1, 0.15) is 0 Å². The van der Waals surface area contributed by atoms with Crippen molar-refractivity contribution in [3.8, 4) is 95.7 Å². The van der Waals surface area contributed by atoms with Gasteiger partial charge in [-0.3, -0.25) is 4.98 Å². The molecule has 0 aliphatic heterocycles. The fourth-order valence-corrected chi connectivity index (χ4v) is 8.53. The van der Waals surface area contributed by atoms with Gasteiger partial charge in [0.2, 0.25) is 0 Å². The molecule has 9 aromatic rings. The zero-order chi connectivity index (χ0) is 39.9. The van der Waals surface area contributed by atoms with Gasteiger partial charge in [0.05, 0.1) is 28.7 Å². The quantitative estimate of drug-likeness (QED) is 0.163. The predicted octanol–water partition coefficient (Wildman–Crippen LogP) is 13.7. The van der Waals surface area contributed by atoms with Crippen LogP contribution >= 0.6 is 0 Å². The highest BCUT2D eigenvalue weighted by Crippen LogP contribution is 2.51. The Morgan fingerprint density at radius 2 is 0.949 bits per heavy atom. The monoisotopic (exact) mass is 754 g/mol. The van der Waals surface area contributed by atoms with Crippen molar-refractivity contribution in [2.24, 2.45) is 0 Å². The molecule has 0 fully saturated rings. The van der Waals surface area contributed by atoms with Gasteiger partial charge in [-0.2, -0.15) is 5.26 Å². The van der Waals surface area contributed by atoms with Crippen molar-refractivity contribution in [1.82, 2.24) is 15.0 Å². The van der Waals surface area contributed by atoms with E-state index in [1.54, 1.807) is 0 Å². The summed E-state index contributed by atoms with van der Waals surface area (Å²) in [5.41, 5.74) is 18.1. The average molecular weight is 755 g/mol. The predicted molar refractivity (Wildman–Crippen MR) is 240 cm³/mol. The first kappa shape index (κ1) is 35.7. The van der Waals surface area contributed by atoms with Gasteiger partial charge in [0.25, 0.3) is 0 Å². The third kappa shape index (κ3) is 6.59. The molecule has 0 spiro atoms. The van der Waals surface area contributed by atoms with E-state index in [0.717, 1.165) is 83.8 Å². The Labute approximate surface area is 344 Å². The second-order valence-corrected chi connectivity index (χ2v) is 15.6. The minimum absolute atomic E-state index is 0.340. The van der Waals surface area contributed by atoms with Crippen molar-refractivity contribution in [2.75, 3.05) is 0 Å². The molecule has 1 aliphatic carbocycles. The van der Waals surface area contributed by atoms with Crippen LogP contribution in [0, 0.1) is 11.3 Å². The molecule has 1 aliphatic rings. The highest BCUT2D eigenvalue weighted by Gasteiger charge is 2.37. The molecule has 4 nitrogen and oxygen atoms in total. The van der Waals surface area contributed by atoms with Crippen LogP contribution in [0.1, 0.15) is 30.5 Å². The number of nitriles is 1. The van der Waals surface area contributed by atoms with Crippen LogP contribution in [0.5, 0.6) is 0 Å². The van der Waals surface area contributed by atoms with Crippen molar-refractivity contribution in [3.63, 3.8) is 0 Å². The van der Waals surface area contributed by atoms with Crippen LogP contribution in [0.2, 0.25) is 0 Å². The first-order chi connectivity index (χ1) is 28.9. The maximum Gasteiger partial charge on any atom is 0.160 e. The molecule has 0 saturated heterocycles. The molecule has 7 aromatic carbocycles. The molecular weight excluding hydrogens is 717 g/mol. The van der Waals surface area contributed by atoms with Crippen LogP contribution < -0.4 is 0 Å². The molecule has 2 heterocycles. The van der Waals surface area contributed by atoms with E-state index in [1.165, 1.54) is 16.7 Å². The molecule has 0 bridgehead atoms. The fourth-order valence-electron chi connectivity index (χ4n) is 8.53. The van der Waals surface area contributed by atoms with Crippen molar-refractivity contribution in [3.05, 3.63) is 211 Å². The molecule has 0 amide bonds. The van der Waals surface area contributed by atoms with Gasteiger partial charge < -0.3 is 0 Å². The molecule has 0 atom stereocenters. The molecule has 0 N–H and O–H groups in total. The number of hydrogen-bond acceptors (Lipinski definition) is 4. The van der Waals surface area contributed by atoms with E-state index in [0.29, 0.717) is 5.82 Å². The third-order valence-electron chi connectivity index (χ3n) is 11.6. The number of hydrogen-bond donors (Lipinski definition) is 0. The molecular formula is C55H38N4. The van der Waals surface area contributed by atoms with Crippen LogP contribution in [0.4, 0.5) is 0 Å². The standard InChI is InChI=1S/C55H38N4/c1-55(2)49-32-41(25-27-47(49)48-20-12-19-42(34-56)53(48)55)44-29-45(43-26-28-50(57-35-43)38-15-8-4-9-16-38)31-46(30-44)52-33-51(58-54(59-52)40-17-10-5-11-18-40)39-23-21-37(22-24-39)36-13-6-3-7-14-36/h3-33,35H,1-2H3. The summed E-state index contributed by atoms with van der Waals surface area (Å²) in [5, 5.41) is 10.1. The largest absolute Gasteiger partial charge is 0.256 e. The number of pyridine rings is 1. The van der Waals surface area contributed by atoms with Crippen molar-refractivity contribution < 1.29 is 0 Å². The summed E-state index contributed by atoms with van der Waals surface area (Å²) in [6.07, 6.45) is 1.96. The number of nitrogens with zero attached hydrogens (tertiary/aromatic N) is 4. The lowest BCUT2D eigenvalue weighted by Crippen LogP contribution is -2.16. The summed E-state index contributed by atoms with van der Waals surface area (Å²) in [5.74, 6) is 0.663. The van der Waals surface area contributed by atoms with Crippen LogP contribution in [0.15, 0.2) is 194 Å². The molecule has 278 valence electrons. The highest BCUT2D eigenvalue weighted by molar-refractivity contribution is 5.88. The van der Waals surface area contributed by atoms with Gasteiger partial charge in [-0.05, 0) is 92.5 Å². The minimum atomic E-state index is -0.340. The van der Waals surface area contributed by atoms with E-state index in [-0.39, 0.29) is 5.41 Å². The zero-order valence-corrected chi connectivity index (χ0v) is 32.8. The molecule has 59 heavy (non-hydrogen) atoms. The van der Waals surface area contributed by atoms with E-state index >= 15 is 0 Å². The number of aromatic nitrogens is 3. The lowest BCUT2D eigenvalue weighted by Gasteiger charge is -2.23. The molecule has 0 unspecified atom stereocenters. The summed E-state index contributed by atoms with van der Waals surface area (Å²) < 4.78 is 0. The first-order valence-corrected chi connectivity index (χ1v) is 19.9. The SMILES string of the molecule is CC1(C)c2cc(-c3cc(-c4ccc(-c5ccccc5)nc4)cc(-c4cc(-c5ccc(-c6ccccc6)cc5)nc(-c5ccccc5)n4)c3)ccc2-c2cccc(C#N)c21. The van der Waals surface area contributed by atoms with Crippen molar-refractivity contribution in [2.45, 2.75) is 19.3 Å². The Bertz CT molecular complexity index is 3040. The molecule has 2 aromatic heterocycles. The lowest BCUT2D eigenvalue weighted by atomic mass is 9.79. The Balaban J connectivity index is 1.14. The van der Waals surface area contributed by atoms with Gasteiger partial charge in [0.15, 0.2) is 5.82 Å². The van der Waals surface area contributed by atoms with Crippen LogP contribution in [-0.4, -0.2) is 15.0 Å². The Morgan fingerprint density at radius 3 is 1.61 bits per heavy atom. The molecule has 0 radical (unpaired) electrons. The van der Waals surface area contributed by atoms with E-state index < -0.39 is 0 Å². The number of benzene rings is 7. The van der Waals surface area contributed by atoms with E-state index in [2.05, 4.69) is 153 Å². The number of rotatable bonds is 7. The second-order valence-electron chi connectivity index (χ2n) is 15.6. The molecule has 4 heteroatoms. The Kier molecular flexibility index (Phi) is 8.85. The van der Waals surface area contributed by atoms with Gasteiger partial charge >= 0.3 is 0 Å². The summed E-state index contributed by atoms with van der Waals surface area (Å²) in [4.78, 5) is 15.3. The van der Waals surface area contributed by atoms with Gasteiger partial charge in [-0.1, -0.05) is 159 Å². The van der Waals surface area contributed by atoms with Gasteiger partial charge in [0, 0.05) is 39.4 Å². The maximum atomic E-state index is 10.1. The average Bonchev–Trinajstić information content (AvgIpc) is 3.55. The summed E-state index contributed by atoms with van der Waals surface area (Å²) in [6, 6.07) is 67.8. The van der Waals surface area contributed by atoms with E-state index in [9.17, 15) is 5.26 Å². The fraction of sp³-hybridized carbons (Fsp3) is 0.0545. The summed E-state index contributed by atoms with van der Waals surface area (Å²) >= 11 is 0. The lowest BCUT2D eigenvalue weighted by molar-refractivity contribution is 0.658. The number of fused-ring (bicyclic) bond motifs is 3. The van der Waals surface area contributed by atoms with Crippen LogP contribution in [0.3, 0.4) is 0 Å². The molecule has 10 rings (SSSR count). The highest BCUT2D eigenvalue weighted by atomic mass is 14.9. The van der Waals surface area contributed by atoms with Gasteiger partial charge in [-0.25, -0.2) is 9.97 Å². The third-order valence-corrected chi connectivity index (χ3v) is 11.6. The maximum absolute atomic E-state index is 10.1. The smallest absolute Gasteiger partial charge is 0.160 e. The Morgan fingerprint density at radius 1 is 0.407 bits per heavy atom. The first-order valence-electron chi connectivity index (χ1n) is 19.9. The zero-order valence-electron chi connectivity index (χ0n) is 32.8. The van der Waals surface area contributed by atoms with Crippen LogP contribution in [-0.2, 0) is 5.41 Å². The minimum Gasteiger partial charge on any atom is -0.256 e. The summed E-state index contributed by atoms with van der Waals surface area (Å²) in [7, 11) is 0. The van der Waals surface area contributed by atoms with Crippen molar-refractivity contribution >= 4 is 0 Å². The second kappa shape index (κ2) is 14.6. The van der Waals surface area contributed by atoms with Gasteiger partial charge in [-0.15, -0.1) is 0 Å². The van der Waals surface area contributed by atoms with E-state index in [4.69, 9.17) is 15.0 Å². The summed E-state index contributed by atoms with van der Waals surface area (Å²) in [6.45, 7) is 4.45. The van der Waals surface area contributed by atoms with Crippen molar-refractivity contribution in [1.29, 1.82) is 5.26 Å². The molecule has 0 saturated carbocycles. The normalized spacial score (nSPS) is 12.4.